The van der Waals surface area contributed by atoms with E-state index in [-0.39, 0.29) is 0 Å². The smallest absolute Gasteiger partial charge is 0.0993 e. The van der Waals surface area contributed by atoms with E-state index in [1.54, 1.807) is 7.11 Å². The molecule has 3 nitrogen and oxygen atoms in total. The molecule has 16 heavy (non-hydrogen) atoms. The molecule has 0 unspecified atom stereocenters. The summed E-state index contributed by atoms with van der Waals surface area (Å²) in [6.45, 7) is 5.32. The van der Waals surface area contributed by atoms with Crippen molar-refractivity contribution in [1.82, 2.24) is 10.6 Å². The van der Waals surface area contributed by atoms with Gasteiger partial charge in [-0.05, 0) is 19.7 Å². The first-order valence-corrected chi connectivity index (χ1v) is 5.76. The molecule has 2 N–H and O–H groups in total. The predicted molar refractivity (Wildman–Crippen MR) is 70.5 cm³/mol. The van der Waals surface area contributed by atoms with E-state index in [2.05, 4.69) is 23.6 Å². The summed E-state index contributed by atoms with van der Waals surface area (Å²) in [5.41, 5.74) is 0. The molecule has 0 saturated heterocycles. The highest BCUT2D eigenvalue weighted by Crippen LogP contribution is 2.05. The van der Waals surface area contributed by atoms with Gasteiger partial charge in [-0.1, -0.05) is 31.2 Å². The Morgan fingerprint density at radius 1 is 1.25 bits per heavy atom. The second kappa shape index (κ2) is 12.0. The highest BCUT2D eigenvalue weighted by molar-refractivity contribution is 5.19. The normalized spacial score (nSPS) is 13.6. The topological polar surface area (TPSA) is 33.3 Å². The predicted octanol–water partition coefficient (Wildman–Crippen LogP) is 1.85. The van der Waals surface area contributed by atoms with Crippen molar-refractivity contribution in [2.75, 3.05) is 33.8 Å². The van der Waals surface area contributed by atoms with Gasteiger partial charge in [0.05, 0.1) is 12.9 Å². The third kappa shape index (κ3) is 9.49. The second-order valence-electron chi connectivity index (χ2n) is 3.31. The van der Waals surface area contributed by atoms with E-state index in [1.165, 1.54) is 0 Å². The van der Waals surface area contributed by atoms with Crippen molar-refractivity contribution in [2.45, 2.75) is 13.3 Å². The summed E-state index contributed by atoms with van der Waals surface area (Å²) in [4.78, 5) is 0. The van der Waals surface area contributed by atoms with Gasteiger partial charge in [0, 0.05) is 19.5 Å². The molecule has 0 bridgehead atoms. The summed E-state index contributed by atoms with van der Waals surface area (Å²) in [5, 5.41) is 6.23. The van der Waals surface area contributed by atoms with Crippen LogP contribution in [0.4, 0.5) is 0 Å². The fraction of sp³-hybridized carbons (Fsp3) is 0.538. The van der Waals surface area contributed by atoms with Crippen molar-refractivity contribution in [3.8, 4) is 0 Å². The number of rotatable bonds is 5. The lowest BCUT2D eigenvalue weighted by Gasteiger charge is -1.98. The number of nitrogens with one attached hydrogen (secondary N) is 2. The van der Waals surface area contributed by atoms with E-state index in [0.29, 0.717) is 0 Å². The Bertz CT molecular complexity index is 228. The average molecular weight is 224 g/mol. The molecule has 3 heteroatoms. The highest BCUT2D eigenvalue weighted by Gasteiger charge is 1.90. The Kier molecular flexibility index (Phi) is 11.2. The van der Waals surface area contributed by atoms with Crippen LogP contribution in [0.5, 0.6) is 0 Å². The van der Waals surface area contributed by atoms with Gasteiger partial charge in [0.25, 0.3) is 0 Å². The largest absolute Gasteiger partial charge is 0.501 e. The zero-order valence-electron chi connectivity index (χ0n) is 10.6. The zero-order valence-corrected chi connectivity index (χ0v) is 10.6. The first kappa shape index (κ1) is 14.9. The lowest BCUT2D eigenvalue weighted by Crippen LogP contribution is -2.24. The highest BCUT2D eigenvalue weighted by atomic mass is 16.5. The van der Waals surface area contributed by atoms with Gasteiger partial charge in [-0.2, -0.15) is 0 Å². The summed E-state index contributed by atoms with van der Waals surface area (Å²) < 4.78 is 5.03. The van der Waals surface area contributed by atoms with Gasteiger partial charge in [0.2, 0.25) is 0 Å². The Labute approximate surface area is 99.3 Å². The molecule has 92 valence electrons. The second-order valence-corrected chi connectivity index (χ2v) is 3.31. The number of likely N-dealkylation sites (N-methyl/N-ethyl adjacent to an activating group) is 2. The molecule has 0 spiro atoms. The molecule has 0 heterocycles. The van der Waals surface area contributed by atoms with Crippen LogP contribution in [0.2, 0.25) is 0 Å². The third-order valence-corrected chi connectivity index (χ3v) is 2.02. The monoisotopic (exact) mass is 224 g/mol. The minimum absolute atomic E-state index is 0.906. The molecule has 0 aromatic rings. The number of methoxy groups -OCH3 is 1. The van der Waals surface area contributed by atoms with Crippen LogP contribution in [0.15, 0.2) is 36.1 Å². The molecule has 1 aliphatic carbocycles. The van der Waals surface area contributed by atoms with Crippen LogP contribution in [-0.2, 0) is 4.74 Å². The van der Waals surface area contributed by atoms with Crippen molar-refractivity contribution >= 4 is 0 Å². The molecule has 0 radical (unpaired) electrons. The maximum atomic E-state index is 5.03. The van der Waals surface area contributed by atoms with Crippen LogP contribution >= 0.6 is 0 Å². The van der Waals surface area contributed by atoms with Crippen LogP contribution in [0.25, 0.3) is 0 Å². The minimum atomic E-state index is 0.906. The Balaban J connectivity index is 0.000000293. The molecular weight excluding hydrogens is 200 g/mol. The van der Waals surface area contributed by atoms with Crippen molar-refractivity contribution in [2.24, 2.45) is 0 Å². The fourth-order valence-electron chi connectivity index (χ4n) is 1.10. The van der Waals surface area contributed by atoms with Gasteiger partial charge in [-0.25, -0.2) is 0 Å². The SMILES string of the molecule is CCNCCNC.COC1=CC=CC=CC1. The van der Waals surface area contributed by atoms with Gasteiger partial charge < -0.3 is 15.4 Å². The van der Waals surface area contributed by atoms with Crippen LogP contribution < -0.4 is 10.6 Å². The van der Waals surface area contributed by atoms with Gasteiger partial charge in [0.15, 0.2) is 0 Å². The fourth-order valence-corrected chi connectivity index (χ4v) is 1.10. The number of hydrogen-bond acceptors (Lipinski definition) is 3. The molecule has 0 amide bonds. The molecule has 0 saturated carbocycles. The first-order chi connectivity index (χ1) is 7.85. The number of hydrogen-bond donors (Lipinski definition) is 2. The molecule has 1 rings (SSSR count). The molecule has 1 aliphatic rings. The molecular formula is C13H24N2O. The third-order valence-electron chi connectivity index (χ3n) is 2.02. The van der Waals surface area contributed by atoms with E-state index in [1.807, 2.05) is 31.4 Å². The molecule has 0 atom stereocenters. The zero-order chi connectivity index (χ0) is 12.1. The van der Waals surface area contributed by atoms with Gasteiger partial charge in [-0.3, -0.25) is 0 Å². The lowest BCUT2D eigenvalue weighted by molar-refractivity contribution is 0.285. The summed E-state index contributed by atoms with van der Waals surface area (Å²) in [6.07, 6.45) is 10.9. The maximum absolute atomic E-state index is 5.03. The summed E-state index contributed by atoms with van der Waals surface area (Å²) in [5.74, 6) is 1.01. The van der Waals surface area contributed by atoms with Crippen molar-refractivity contribution in [3.63, 3.8) is 0 Å². The van der Waals surface area contributed by atoms with Crippen LogP contribution in [-0.4, -0.2) is 33.8 Å². The van der Waals surface area contributed by atoms with E-state index >= 15 is 0 Å². The Morgan fingerprint density at radius 2 is 2.06 bits per heavy atom. The van der Waals surface area contributed by atoms with Crippen molar-refractivity contribution in [3.05, 3.63) is 36.1 Å². The average Bonchev–Trinajstić information content (AvgIpc) is 2.59. The summed E-state index contributed by atoms with van der Waals surface area (Å²) in [7, 11) is 3.65. The van der Waals surface area contributed by atoms with Crippen LogP contribution in [0.3, 0.4) is 0 Å². The lowest BCUT2D eigenvalue weighted by atomic mass is 10.3. The van der Waals surface area contributed by atoms with Gasteiger partial charge in [0.1, 0.15) is 0 Å². The van der Waals surface area contributed by atoms with Crippen LogP contribution in [0, 0.1) is 0 Å². The molecule has 0 aromatic carbocycles. The Hall–Kier alpha value is -1.06. The quantitative estimate of drug-likeness (QED) is 0.699. The molecule has 0 fully saturated rings. The Morgan fingerprint density at radius 3 is 2.69 bits per heavy atom. The van der Waals surface area contributed by atoms with Crippen LogP contribution in [0.1, 0.15) is 13.3 Å². The van der Waals surface area contributed by atoms with Gasteiger partial charge in [-0.15, -0.1) is 0 Å². The van der Waals surface area contributed by atoms with Crippen molar-refractivity contribution < 1.29 is 4.74 Å². The number of allylic oxidation sites excluding steroid dienone is 5. The van der Waals surface area contributed by atoms with Gasteiger partial charge >= 0.3 is 0 Å². The standard InChI is InChI=1S/C8H10O.C5H14N2/c1-9-8-6-4-2-3-5-7-8;1-3-7-5-4-6-2/h2-6H,7H2,1H3;6-7H,3-5H2,1-2H3. The minimum Gasteiger partial charge on any atom is -0.501 e. The molecule has 0 aliphatic heterocycles. The van der Waals surface area contributed by atoms with E-state index in [0.717, 1.165) is 31.8 Å². The molecule has 0 aromatic heterocycles. The van der Waals surface area contributed by atoms with E-state index in [4.69, 9.17) is 4.74 Å². The summed E-state index contributed by atoms with van der Waals surface area (Å²) in [6, 6.07) is 0. The first-order valence-electron chi connectivity index (χ1n) is 5.76. The summed E-state index contributed by atoms with van der Waals surface area (Å²) >= 11 is 0. The van der Waals surface area contributed by atoms with Crippen molar-refractivity contribution in [1.29, 1.82) is 0 Å². The maximum Gasteiger partial charge on any atom is 0.0993 e. The number of ether oxygens (including phenoxy) is 1. The van der Waals surface area contributed by atoms with E-state index < -0.39 is 0 Å². The van der Waals surface area contributed by atoms with E-state index in [9.17, 15) is 0 Å².